The van der Waals surface area contributed by atoms with Gasteiger partial charge in [0, 0.05) is 18.2 Å². The molecular formula is C33H35N9O7S2. The lowest BCUT2D eigenvalue weighted by Crippen LogP contribution is -2.34. The average Bonchev–Trinajstić information content (AvgIpc) is 3.76. The first-order valence-electron chi connectivity index (χ1n) is 15.5. The van der Waals surface area contributed by atoms with Crippen LogP contribution in [0.5, 0.6) is 11.5 Å². The Kier molecular flexibility index (Phi) is 10.0. The van der Waals surface area contributed by atoms with Crippen LogP contribution in [0.4, 0.5) is 5.95 Å². The Bertz CT molecular complexity index is 2400. The Morgan fingerprint density at radius 2 is 1.57 bits per heavy atom. The standard InChI is InChI=1S/C33H35N9O7S2/c1-48-23-10-6-20(7-11-23)16-36-51(46,47)31-28(50(44,45)19-22(34)18-43)15-14-25(26-4-3-5-27-30(26)38-33(35)37-27)29(31)32-39-41-42(40-32)17-21-8-12-24(49-2)13-9-21/h3-15,22,36,43H,16-19,34H2,1-2H3,(H3,35,37,38). The first-order valence-corrected chi connectivity index (χ1v) is 18.6. The van der Waals surface area contributed by atoms with Crippen molar-refractivity contribution >= 4 is 36.8 Å². The van der Waals surface area contributed by atoms with Crippen LogP contribution in [0.1, 0.15) is 11.1 Å². The van der Waals surface area contributed by atoms with E-state index in [1.54, 1.807) is 61.7 Å². The van der Waals surface area contributed by atoms with Gasteiger partial charge in [0.15, 0.2) is 15.8 Å². The van der Waals surface area contributed by atoms with Crippen LogP contribution in [0.25, 0.3) is 33.5 Å². The molecule has 18 heteroatoms. The molecule has 0 aliphatic rings. The van der Waals surface area contributed by atoms with E-state index in [0.717, 1.165) is 5.56 Å². The van der Waals surface area contributed by atoms with Gasteiger partial charge in [-0.2, -0.15) is 4.80 Å². The summed E-state index contributed by atoms with van der Waals surface area (Å²) in [5.41, 5.74) is 14.7. The van der Waals surface area contributed by atoms with Crippen LogP contribution in [-0.4, -0.2) is 84.7 Å². The quantitative estimate of drug-likeness (QED) is 0.108. The van der Waals surface area contributed by atoms with Gasteiger partial charge in [-0.1, -0.05) is 42.5 Å². The monoisotopic (exact) mass is 733 g/mol. The van der Waals surface area contributed by atoms with Crippen molar-refractivity contribution in [2.75, 3.05) is 32.3 Å². The number of aliphatic hydroxyl groups is 1. The number of nitrogens with zero attached hydrogens (tertiary/aromatic N) is 5. The zero-order valence-electron chi connectivity index (χ0n) is 27.5. The van der Waals surface area contributed by atoms with Gasteiger partial charge < -0.3 is 31.0 Å². The smallest absolute Gasteiger partial charge is 0.242 e. The highest BCUT2D eigenvalue weighted by molar-refractivity contribution is 7.93. The lowest BCUT2D eigenvalue weighted by molar-refractivity contribution is 0.274. The first-order chi connectivity index (χ1) is 24.4. The highest BCUT2D eigenvalue weighted by atomic mass is 32.2. The number of benzene rings is 4. The molecule has 6 aromatic rings. The van der Waals surface area contributed by atoms with Gasteiger partial charge in [-0.15, -0.1) is 10.2 Å². The van der Waals surface area contributed by atoms with Gasteiger partial charge in [-0.25, -0.2) is 26.5 Å². The fourth-order valence-electron chi connectivity index (χ4n) is 5.51. The van der Waals surface area contributed by atoms with Gasteiger partial charge in [-0.05, 0) is 58.3 Å². The van der Waals surface area contributed by atoms with Crippen LogP contribution in [0.15, 0.2) is 88.7 Å². The summed E-state index contributed by atoms with van der Waals surface area (Å²) in [4.78, 5) is 7.45. The molecule has 2 heterocycles. The van der Waals surface area contributed by atoms with E-state index < -0.39 is 48.1 Å². The topological polar surface area (TPSA) is 243 Å². The number of hydrogen-bond acceptors (Lipinski definition) is 13. The largest absolute Gasteiger partial charge is 0.497 e. The lowest BCUT2D eigenvalue weighted by Gasteiger charge is -2.19. The fourth-order valence-corrected chi connectivity index (χ4v) is 9.04. The van der Waals surface area contributed by atoms with E-state index in [2.05, 4.69) is 30.1 Å². The van der Waals surface area contributed by atoms with E-state index in [1.807, 2.05) is 12.1 Å². The molecule has 6 rings (SSSR count). The maximum atomic E-state index is 14.5. The van der Waals surface area contributed by atoms with Gasteiger partial charge in [0.1, 0.15) is 16.4 Å². The Hall–Kier alpha value is -5.40. The minimum Gasteiger partial charge on any atom is -0.497 e. The van der Waals surface area contributed by atoms with Gasteiger partial charge in [0.05, 0.1) is 54.6 Å². The normalized spacial score (nSPS) is 12.6. The summed E-state index contributed by atoms with van der Waals surface area (Å²) in [7, 11) is -6.08. The average molecular weight is 734 g/mol. The minimum absolute atomic E-state index is 0.119. The molecule has 16 nitrogen and oxygen atoms in total. The van der Waals surface area contributed by atoms with Crippen molar-refractivity contribution in [2.45, 2.75) is 28.9 Å². The number of aromatic amines is 1. The van der Waals surface area contributed by atoms with Crippen molar-refractivity contribution in [2.24, 2.45) is 5.73 Å². The van der Waals surface area contributed by atoms with Crippen molar-refractivity contribution < 1.29 is 31.4 Å². The van der Waals surface area contributed by atoms with E-state index in [0.29, 0.717) is 33.7 Å². The second-order valence-electron chi connectivity index (χ2n) is 11.5. The van der Waals surface area contributed by atoms with Crippen LogP contribution in [0.3, 0.4) is 0 Å². The number of para-hydroxylation sites is 1. The summed E-state index contributed by atoms with van der Waals surface area (Å²) in [6.07, 6.45) is 0. The third-order valence-electron chi connectivity index (χ3n) is 8.00. The molecule has 0 saturated carbocycles. The third kappa shape index (κ3) is 7.54. The molecule has 0 aliphatic heterocycles. The number of nitrogens with two attached hydrogens (primary N) is 2. The highest BCUT2D eigenvalue weighted by Gasteiger charge is 2.35. The summed E-state index contributed by atoms with van der Waals surface area (Å²) < 4.78 is 70.0. The molecule has 51 heavy (non-hydrogen) atoms. The number of aromatic nitrogens is 6. The number of sulfone groups is 1. The number of imidazole rings is 1. The van der Waals surface area contributed by atoms with Crippen LogP contribution < -0.4 is 25.7 Å². The summed E-state index contributed by atoms with van der Waals surface area (Å²) in [6, 6.07) is 20.5. The molecule has 7 N–H and O–H groups in total. The maximum Gasteiger partial charge on any atom is 0.242 e. The van der Waals surface area contributed by atoms with Gasteiger partial charge in [0.2, 0.25) is 15.8 Å². The number of fused-ring (bicyclic) bond motifs is 1. The predicted octanol–water partition coefficient (Wildman–Crippen LogP) is 2.10. The second kappa shape index (κ2) is 14.4. The number of H-pyrrole nitrogens is 1. The van der Waals surface area contributed by atoms with E-state index >= 15 is 0 Å². The third-order valence-corrected chi connectivity index (χ3v) is 11.5. The van der Waals surface area contributed by atoms with Gasteiger partial charge >= 0.3 is 0 Å². The number of rotatable bonds is 14. The van der Waals surface area contributed by atoms with Crippen molar-refractivity contribution in [1.29, 1.82) is 0 Å². The van der Waals surface area contributed by atoms with Gasteiger partial charge in [-0.3, -0.25) is 0 Å². The van der Waals surface area contributed by atoms with E-state index in [9.17, 15) is 21.9 Å². The van der Waals surface area contributed by atoms with E-state index in [4.69, 9.17) is 20.9 Å². The Labute approximate surface area is 293 Å². The molecule has 0 radical (unpaired) electrons. The fraction of sp³-hybridized carbons (Fsp3) is 0.212. The number of hydrogen-bond donors (Lipinski definition) is 5. The molecule has 0 aliphatic carbocycles. The SMILES string of the molecule is COc1ccc(CNS(=O)(=O)c2c(S(=O)(=O)CC(N)CO)ccc(-c3cccc4[nH]c(N)nc34)c2-c2nnn(Cc3ccc(OC)cc3)n2)cc1. The molecular weight excluding hydrogens is 699 g/mol. The predicted molar refractivity (Wildman–Crippen MR) is 189 cm³/mol. The number of sulfonamides is 1. The van der Waals surface area contributed by atoms with Crippen LogP contribution in [-0.2, 0) is 33.0 Å². The Morgan fingerprint density at radius 3 is 2.22 bits per heavy atom. The number of tetrazole rings is 1. The number of ether oxygens (including phenoxy) is 2. The summed E-state index contributed by atoms with van der Waals surface area (Å²) >= 11 is 0. The van der Waals surface area contributed by atoms with Gasteiger partial charge in [0.25, 0.3) is 0 Å². The zero-order chi connectivity index (χ0) is 36.3. The Balaban J connectivity index is 1.58. The number of methoxy groups -OCH3 is 2. The Morgan fingerprint density at radius 1 is 0.902 bits per heavy atom. The highest BCUT2D eigenvalue weighted by Crippen LogP contribution is 2.41. The number of nitrogen functional groups attached to an aromatic ring is 1. The molecule has 0 fully saturated rings. The number of nitrogens with one attached hydrogen (secondary N) is 2. The summed E-state index contributed by atoms with van der Waals surface area (Å²) in [6.45, 7) is -0.695. The maximum absolute atomic E-state index is 14.5. The van der Waals surface area contributed by atoms with Crippen LogP contribution in [0, 0.1) is 0 Å². The molecule has 2 aromatic heterocycles. The molecule has 0 spiro atoms. The summed E-state index contributed by atoms with van der Waals surface area (Å²) in [5.74, 6) is 0.426. The molecule has 266 valence electrons. The van der Waals surface area contributed by atoms with Crippen molar-refractivity contribution in [3.8, 4) is 34.0 Å². The number of aliphatic hydroxyl groups excluding tert-OH is 1. The molecule has 4 aromatic carbocycles. The number of anilines is 1. The van der Waals surface area contributed by atoms with E-state index in [-0.39, 0.29) is 36.0 Å². The molecule has 0 bridgehead atoms. The lowest BCUT2D eigenvalue weighted by atomic mass is 9.98. The van der Waals surface area contributed by atoms with E-state index in [1.165, 1.54) is 24.0 Å². The second-order valence-corrected chi connectivity index (χ2v) is 15.2. The molecule has 1 unspecified atom stereocenters. The zero-order valence-corrected chi connectivity index (χ0v) is 29.1. The molecule has 1 atom stereocenters. The van der Waals surface area contributed by atoms with Crippen molar-refractivity contribution in [1.82, 2.24) is 34.9 Å². The van der Waals surface area contributed by atoms with Crippen LogP contribution >= 0.6 is 0 Å². The molecule has 0 saturated heterocycles. The van der Waals surface area contributed by atoms with Crippen molar-refractivity contribution in [3.05, 3.63) is 90.0 Å². The molecule has 0 amide bonds. The minimum atomic E-state index is -4.69. The summed E-state index contributed by atoms with van der Waals surface area (Å²) in [5, 5.41) is 22.6. The van der Waals surface area contributed by atoms with Crippen molar-refractivity contribution in [3.63, 3.8) is 0 Å². The van der Waals surface area contributed by atoms with Crippen LogP contribution in [0.2, 0.25) is 0 Å². The first kappa shape index (κ1) is 35.4.